The molecule has 0 aliphatic carbocycles. The molecule has 29 heavy (non-hydrogen) atoms. The quantitative estimate of drug-likeness (QED) is 0.311. The molecule has 1 saturated heterocycles. The number of aryl methyl sites for hydroxylation is 1. The van der Waals surface area contributed by atoms with Crippen molar-refractivity contribution >= 4 is 29.3 Å². The number of hydrogen-bond donors (Lipinski definition) is 0. The topological polar surface area (TPSA) is 88.9 Å². The van der Waals surface area contributed by atoms with Gasteiger partial charge in [-0.2, -0.15) is 0 Å². The number of aromatic nitrogens is 1. The number of nitrogens with zero attached hydrogens (tertiary/aromatic N) is 3. The van der Waals surface area contributed by atoms with Crippen LogP contribution in [0.1, 0.15) is 21.7 Å². The number of carbonyl (C=O) groups excluding carboxylic acids is 4. The lowest BCUT2D eigenvalue weighted by Gasteiger charge is -2.15. The molecule has 2 aromatic rings. The number of anilines is 1. The van der Waals surface area contributed by atoms with E-state index < -0.39 is 30.2 Å². The Morgan fingerprint density at radius 1 is 1.10 bits per heavy atom. The van der Waals surface area contributed by atoms with E-state index in [4.69, 9.17) is 4.74 Å². The standard InChI is InChI=1S/C21H21N3O5/c1-5-10-22-13(2)11-17(14(22)3)18(25)12-23-19(26)20(27)24(21(23)28)15-6-8-16(29-4)9-7-15/h5-9,11H,1,10,12H2,2-4H3. The number of ketones is 1. The summed E-state index contributed by atoms with van der Waals surface area (Å²) < 4.78 is 6.96. The van der Waals surface area contributed by atoms with Gasteiger partial charge in [0.2, 0.25) is 0 Å². The predicted molar refractivity (Wildman–Crippen MR) is 106 cm³/mol. The van der Waals surface area contributed by atoms with Crippen molar-refractivity contribution in [3.63, 3.8) is 0 Å². The number of carbonyl (C=O) groups is 4. The average Bonchev–Trinajstić information content (AvgIpc) is 3.11. The van der Waals surface area contributed by atoms with E-state index in [1.54, 1.807) is 31.2 Å². The molecule has 0 saturated carbocycles. The fourth-order valence-corrected chi connectivity index (χ4v) is 3.33. The van der Waals surface area contributed by atoms with Gasteiger partial charge in [-0.15, -0.1) is 6.58 Å². The van der Waals surface area contributed by atoms with E-state index in [1.165, 1.54) is 19.2 Å². The van der Waals surface area contributed by atoms with Crippen LogP contribution in [0, 0.1) is 13.8 Å². The number of hydrogen-bond acceptors (Lipinski definition) is 5. The Balaban J connectivity index is 1.84. The van der Waals surface area contributed by atoms with Gasteiger partial charge in [0, 0.05) is 23.5 Å². The summed E-state index contributed by atoms with van der Waals surface area (Å²) in [7, 11) is 1.49. The lowest BCUT2D eigenvalue weighted by atomic mass is 10.1. The molecular weight excluding hydrogens is 374 g/mol. The van der Waals surface area contributed by atoms with Crippen LogP contribution in [0.15, 0.2) is 43.0 Å². The fourth-order valence-electron chi connectivity index (χ4n) is 3.33. The van der Waals surface area contributed by atoms with Gasteiger partial charge in [0.25, 0.3) is 0 Å². The minimum atomic E-state index is -1.03. The van der Waals surface area contributed by atoms with E-state index in [2.05, 4.69) is 6.58 Å². The smallest absolute Gasteiger partial charge is 0.339 e. The van der Waals surface area contributed by atoms with Crippen LogP contribution in [0.25, 0.3) is 0 Å². The number of imide groups is 2. The molecule has 1 aliphatic heterocycles. The van der Waals surface area contributed by atoms with Crippen LogP contribution in [-0.4, -0.2) is 46.8 Å². The average molecular weight is 395 g/mol. The first kappa shape index (κ1) is 20.1. The van der Waals surface area contributed by atoms with Gasteiger partial charge in [-0.1, -0.05) is 6.08 Å². The van der Waals surface area contributed by atoms with E-state index >= 15 is 0 Å². The molecule has 3 rings (SSSR count). The Morgan fingerprint density at radius 2 is 1.76 bits per heavy atom. The molecule has 4 amide bonds. The van der Waals surface area contributed by atoms with E-state index in [0.29, 0.717) is 28.5 Å². The van der Waals surface area contributed by atoms with Crippen LogP contribution in [0.2, 0.25) is 0 Å². The molecule has 0 spiro atoms. The second kappa shape index (κ2) is 7.75. The van der Waals surface area contributed by atoms with Crippen LogP contribution in [0.5, 0.6) is 5.75 Å². The highest BCUT2D eigenvalue weighted by atomic mass is 16.5. The van der Waals surface area contributed by atoms with Gasteiger partial charge in [-0.3, -0.25) is 14.4 Å². The SMILES string of the molecule is C=CCn1c(C)cc(C(=O)CN2C(=O)C(=O)N(c3ccc(OC)cc3)C2=O)c1C. The summed E-state index contributed by atoms with van der Waals surface area (Å²) >= 11 is 0. The highest BCUT2D eigenvalue weighted by Gasteiger charge is 2.46. The first-order valence-electron chi connectivity index (χ1n) is 8.95. The summed E-state index contributed by atoms with van der Waals surface area (Å²) in [4.78, 5) is 51.7. The molecule has 0 bridgehead atoms. The van der Waals surface area contributed by atoms with Crippen molar-refractivity contribution in [1.82, 2.24) is 9.47 Å². The molecule has 1 aliphatic rings. The maximum absolute atomic E-state index is 12.8. The van der Waals surface area contributed by atoms with Gasteiger partial charge in [-0.05, 0) is 44.2 Å². The van der Waals surface area contributed by atoms with E-state index in [0.717, 1.165) is 10.6 Å². The van der Waals surface area contributed by atoms with Gasteiger partial charge >= 0.3 is 17.8 Å². The minimum absolute atomic E-state index is 0.230. The van der Waals surface area contributed by atoms with E-state index in [9.17, 15) is 19.2 Å². The Hall–Kier alpha value is -3.68. The molecule has 8 heteroatoms. The minimum Gasteiger partial charge on any atom is -0.497 e. The molecule has 1 fully saturated rings. The predicted octanol–water partition coefficient (Wildman–Crippen LogP) is 2.48. The van der Waals surface area contributed by atoms with Crippen LogP contribution >= 0.6 is 0 Å². The number of urea groups is 1. The van der Waals surface area contributed by atoms with Crippen molar-refractivity contribution in [2.75, 3.05) is 18.6 Å². The van der Waals surface area contributed by atoms with E-state index in [-0.39, 0.29) is 5.69 Å². The molecule has 0 atom stereocenters. The van der Waals surface area contributed by atoms with Crippen molar-refractivity contribution < 1.29 is 23.9 Å². The summed E-state index contributed by atoms with van der Waals surface area (Å²) in [6.07, 6.45) is 1.72. The molecule has 0 unspecified atom stereocenters. The zero-order chi connectivity index (χ0) is 21.3. The van der Waals surface area contributed by atoms with Crippen molar-refractivity contribution in [3.8, 4) is 5.75 Å². The third-order valence-corrected chi connectivity index (χ3v) is 4.87. The summed E-state index contributed by atoms with van der Waals surface area (Å²) in [5, 5.41) is 0. The molecule has 8 nitrogen and oxygen atoms in total. The third-order valence-electron chi connectivity index (χ3n) is 4.87. The number of ether oxygens (including phenoxy) is 1. The highest BCUT2D eigenvalue weighted by Crippen LogP contribution is 2.25. The Bertz CT molecular complexity index is 1020. The number of Topliss-reactive ketones (excluding diaryl/α,β-unsaturated/α-hetero) is 1. The van der Waals surface area contributed by atoms with E-state index in [1.807, 2.05) is 11.5 Å². The summed E-state index contributed by atoms with van der Waals surface area (Å²) in [6.45, 7) is 7.37. The Morgan fingerprint density at radius 3 is 2.34 bits per heavy atom. The Labute approximate surface area is 168 Å². The van der Waals surface area contributed by atoms with Crippen molar-refractivity contribution in [2.45, 2.75) is 20.4 Å². The van der Waals surface area contributed by atoms with Crippen molar-refractivity contribution in [1.29, 1.82) is 0 Å². The second-order valence-corrected chi connectivity index (χ2v) is 6.62. The summed E-state index contributed by atoms with van der Waals surface area (Å²) in [5.74, 6) is -1.90. The van der Waals surface area contributed by atoms with Gasteiger partial charge < -0.3 is 9.30 Å². The zero-order valence-corrected chi connectivity index (χ0v) is 16.5. The number of rotatable bonds is 7. The molecular formula is C21H21N3O5. The van der Waals surface area contributed by atoms with Crippen LogP contribution in [-0.2, 0) is 16.1 Å². The summed E-state index contributed by atoms with van der Waals surface area (Å²) in [6, 6.07) is 6.99. The monoisotopic (exact) mass is 395 g/mol. The highest BCUT2D eigenvalue weighted by molar-refractivity contribution is 6.53. The fraction of sp³-hybridized carbons (Fsp3) is 0.238. The van der Waals surface area contributed by atoms with Gasteiger partial charge in [0.15, 0.2) is 5.78 Å². The lowest BCUT2D eigenvalue weighted by Crippen LogP contribution is -2.37. The normalized spacial score (nSPS) is 14.0. The van der Waals surface area contributed by atoms with Gasteiger partial charge in [0.1, 0.15) is 5.75 Å². The van der Waals surface area contributed by atoms with Crippen LogP contribution < -0.4 is 9.64 Å². The molecule has 0 radical (unpaired) electrons. The van der Waals surface area contributed by atoms with Gasteiger partial charge in [-0.25, -0.2) is 14.6 Å². The van der Waals surface area contributed by atoms with Crippen LogP contribution in [0.3, 0.4) is 0 Å². The molecule has 1 aromatic heterocycles. The molecule has 150 valence electrons. The van der Waals surface area contributed by atoms with Gasteiger partial charge in [0.05, 0.1) is 19.3 Å². The maximum atomic E-state index is 12.8. The lowest BCUT2D eigenvalue weighted by molar-refractivity contribution is -0.139. The number of benzene rings is 1. The largest absolute Gasteiger partial charge is 0.497 e. The third kappa shape index (κ3) is 3.44. The number of methoxy groups -OCH3 is 1. The van der Waals surface area contributed by atoms with Crippen LogP contribution in [0.4, 0.5) is 10.5 Å². The second-order valence-electron chi connectivity index (χ2n) is 6.62. The first-order valence-corrected chi connectivity index (χ1v) is 8.95. The zero-order valence-electron chi connectivity index (χ0n) is 16.5. The number of amides is 4. The number of allylic oxidation sites excluding steroid dienone is 1. The van der Waals surface area contributed by atoms with Crippen molar-refractivity contribution in [2.24, 2.45) is 0 Å². The first-order chi connectivity index (χ1) is 13.8. The molecule has 0 N–H and O–H groups in total. The molecule has 2 heterocycles. The van der Waals surface area contributed by atoms with Crippen molar-refractivity contribution in [3.05, 3.63) is 59.9 Å². The molecule has 1 aromatic carbocycles. The maximum Gasteiger partial charge on any atom is 0.339 e. The Kier molecular flexibility index (Phi) is 5.36. The summed E-state index contributed by atoms with van der Waals surface area (Å²) in [5.41, 5.74) is 2.21.